The summed E-state index contributed by atoms with van der Waals surface area (Å²) in [7, 11) is 1.69. The molecule has 2 aromatic rings. The molecule has 0 aliphatic heterocycles. The molecule has 0 aliphatic carbocycles. The first-order valence-corrected chi connectivity index (χ1v) is 6.96. The lowest BCUT2D eigenvalue weighted by molar-refractivity contribution is 0.407. The van der Waals surface area contributed by atoms with Crippen LogP contribution in [0.5, 0.6) is 5.75 Å². The zero-order valence-electron chi connectivity index (χ0n) is 12.4. The molecule has 0 aliphatic rings. The Morgan fingerprint density at radius 2 is 2.20 bits per heavy atom. The molecule has 0 unspecified atom stereocenters. The van der Waals surface area contributed by atoms with E-state index in [2.05, 4.69) is 35.5 Å². The van der Waals surface area contributed by atoms with E-state index >= 15 is 0 Å². The molecule has 5 nitrogen and oxygen atoms in total. The third-order valence-corrected chi connectivity index (χ3v) is 3.09. The van der Waals surface area contributed by atoms with Crippen LogP contribution >= 0.6 is 0 Å². The van der Waals surface area contributed by atoms with Gasteiger partial charge in [-0.15, -0.1) is 5.10 Å². The number of methoxy groups -OCH3 is 1. The molecule has 1 heterocycles. The molecule has 0 fully saturated rings. The third kappa shape index (κ3) is 3.81. The standard InChI is InChI=1S/C15H22N4O/c1-4-7-16-9-14-11-19(18-17-14)10-13-8-12(2)5-6-15(13)20-3/h5-6,8,11,16H,4,7,9-10H2,1-3H3. The van der Waals surface area contributed by atoms with Crippen molar-refractivity contribution in [2.45, 2.75) is 33.4 Å². The van der Waals surface area contributed by atoms with Crippen molar-refractivity contribution in [3.05, 3.63) is 41.2 Å². The van der Waals surface area contributed by atoms with Crippen LogP contribution in [0.1, 0.15) is 30.2 Å². The van der Waals surface area contributed by atoms with E-state index in [1.54, 1.807) is 7.11 Å². The Bertz CT molecular complexity index is 551. The second-order valence-electron chi connectivity index (χ2n) is 4.90. The Kier molecular flexibility index (Phi) is 5.12. The normalized spacial score (nSPS) is 10.8. The summed E-state index contributed by atoms with van der Waals surface area (Å²) < 4.78 is 7.23. The second kappa shape index (κ2) is 7.05. The molecule has 2 rings (SSSR count). The van der Waals surface area contributed by atoms with Crippen LogP contribution in [0.3, 0.4) is 0 Å². The van der Waals surface area contributed by atoms with Gasteiger partial charge in [0.15, 0.2) is 0 Å². The summed E-state index contributed by atoms with van der Waals surface area (Å²) >= 11 is 0. The largest absolute Gasteiger partial charge is 0.496 e. The maximum Gasteiger partial charge on any atom is 0.123 e. The van der Waals surface area contributed by atoms with Gasteiger partial charge in [0.25, 0.3) is 0 Å². The number of hydrogen-bond donors (Lipinski definition) is 1. The van der Waals surface area contributed by atoms with Gasteiger partial charge in [0.2, 0.25) is 0 Å². The lowest BCUT2D eigenvalue weighted by atomic mass is 10.1. The zero-order valence-corrected chi connectivity index (χ0v) is 12.4. The summed E-state index contributed by atoms with van der Waals surface area (Å²) in [5.74, 6) is 0.886. The number of ether oxygens (including phenoxy) is 1. The monoisotopic (exact) mass is 274 g/mol. The lowest BCUT2D eigenvalue weighted by Crippen LogP contribution is -2.13. The number of benzene rings is 1. The average Bonchev–Trinajstić information content (AvgIpc) is 2.87. The number of nitrogens with one attached hydrogen (secondary N) is 1. The van der Waals surface area contributed by atoms with Gasteiger partial charge in [-0.2, -0.15) is 0 Å². The van der Waals surface area contributed by atoms with Gasteiger partial charge in [-0.3, -0.25) is 0 Å². The molecule has 1 aromatic carbocycles. The molecule has 0 bridgehead atoms. The van der Waals surface area contributed by atoms with Crippen LogP contribution in [-0.2, 0) is 13.1 Å². The topological polar surface area (TPSA) is 52.0 Å². The van der Waals surface area contributed by atoms with Gasteiger partial charge < -0.3 is 10.1 Å². The van der Waals surface area contributed by atoms with E-state index in [4.69, 9.17) is 4.74 Å². The maximum absolute atomic E-state index is 5.38. The first-order valence-electron chi connectivity index (χ1n) is 6.96. The van der Waals surface area contributed by atoms with Crippen LogP contribution in [0.25, 0.3) is 0 Å². The van der Waals surface area contributed by atoms with Crippen molar-refractivity contribution in [2.75, 3.05) is 13.7 Å². The molecule has 0 atom stereocenters. The SMILES string of the molecule is CCCNCc1cn(Cc2cc(C)ccc2OC)nn1. The first kappa shape index (κ1) is 14.5. The summed E-state index contributed by atoms with van der Waals surface area (Å²) in [6.07, 6.45) is 3.10. The smallest absolute Gasteiger partial charge is 0.123 e. The van der Waals surface area contributed by atoms with Crippen molar-refractivity contribution in [1.82, 2.24) is 20.3 Å². The Balaban J connectivity index is 2.04. The fourth-order valence-electron chi connectivity index (χ4n) is 2.10. The van der Waals surface area contributed by atoms with Crippen molar-refractivity contribution in [3.8, 4) is 5.75 Å². The molecule has 0 radical (unpaired) electrons. The highest BCUT2D eigenvalue weighted by molar-refractivity contribution is 5.36. The summed E-state index contributed by atoms with van der Waals surface area (Å²) in [6, 6.07) is 6.16. The van der Waals surface area contributed by atoms with Crippen LogP contribution in [-0.4, -0.2) is 28.6 Å². The number of rotatable bonds is 7. The fraction of sp³-hybridized carbons (Fsp3) is 0.467. The predicted molar refractivity (Wildman–Crippen MR) is 78.9 cm³/mol. The molecule has 0 amide bonds. The Labute approximate surface area is 120 Å². The van der Waals surface area contributed by atoms with Gasteiger partial charge >= 0.3 is 0 Å². The first-order chi connectivity index (χ1) is 9.72. The second-order valence-corrected chi connectivity index (χ2v) is 4.90. The van der Waals surface area contributed by atoms with Gasteiger partial charge in [0.05, 0.1) is 25.5 Å². The Morgan fingerprint density at radius 1 is 1.35 bits per heavy atom. The molecule has 0 saturated heterocycles. The van der Waals surface area contributed by atoms with Crippen LogP contribution in [0, 0.1) is 6.92 Å². The van der Waals surface area contributed by atoms with Crippen molar-refractivity contribution in [3.63, 3.8) is 0 Å². The summed E-state index contributed by atoms with van der Waals surface area (Å²) in [5, 5.41) is 11.7. The highest BCUT2D eigenvalue weighted by Gasteiger charge is 2.06. The minimum Gasteiger partial charge on any atom is -0.496 e. The third-order valence-electron chi connectivity index (χ3n) is 3.09. The fourth-order valence-corrected chi connectivity index (χ4v) is 2.10. The van der Waals surface area contributed by atoms with Gasteiger partial charge in [-0.25, -0.2) is 4.68 Å². The minimum absolute atomic E-state index is 0.672. The van der Waals surface area contributed by atoms with E-state index in [0.29, 0.717) is 6.54 Å². The molecule has 1 aromatic heterocycles. The highest BCUT2D eigenvalue weighted by atomic mass is 16.5. The highest BCUT2D eigenvalue weighted by Crippen LogP contribution is 2.20. The van der Waals surface area contributed by atoms with Crippen LogP contribution in [0.15, 0.2) is 24.4 Å². The quantitative estimate of drug-likeness (QED) is 0.786. The van der Waals surface area contributed by atoms with E-state index in [9.17, 15) is 0 Å². The van der Waals surface area contributed by atoms with Gasteiger partial charge in [-0.05, 0) is 26.0 Å². The summed E-state index contributed by atoms with van der Waals surface area (Å²) in [6.45, 7) is 6.65. The average molecular weight is 274 g/mol. The lowest BCUT2D eigenvalue weighted by Gasteiger charge is -2.09. The van der Waals surface area contributed by atoms with Crippen molar-refractivity contribution < 1.29 is 4.74 Å². The maximum atomic E-state index is 5.38. The van der Waals surface area contributed by atoms with E-state index in [-0.39, 0.29) is 0 Å². The van der Waals surface area contributed by atoms with Crippen molar-refractivity contribution >= 4 is 0 Å². The zero-order chi connectivity index (χ0) is 14.4. The van der Waals surface area contributed by atoms with Gasteiger partial charge in [0.1, 0.15) is 5.75 Å². The molecule has 0 spiro atoms. The number of nitrogens with zero attached hydrogens (tertiary/aromatic N) is 3. The molecule has 108 valence electrons. The summed E-state index contributed by atoms with van der Waals surface area (Å²) in [5.41, 5.74) is 3.29. The molecule has 20 heavy (non-hydrogen) atoms. The number of aryl methyl sites for hydroxylation is 1. The van der Waals surface area contributed by atoms with E-state index in [0.717, 1.165) is 36.5 Å². The molecule has 1 N–H and O–H groups in total. The van der Waals surface area contributed by atoms with Crippen molar-refractivity contribution in [2.24, 2.45) is 0 Å². The van der Waals surface area contributed by atoms with Gasteiger partial charge in [0, 0.05) is 12.1 Å². The minimum atomic E-state index is 0.672. The van der Waals surface area contributed by atoms with Crippen molar-refractivity contribution in [1.29, 1.82) is 0 Å². The van der Waals surface area contributed by atoms with Gasteiger partial charge in [-0.1, -0.05) is 29.8 Å². The van der Waals surface area contributed by atoms with E-state index < -0.39 is 0 Å². The molecule has 5 heteroatoms. The molecule has 0 saturated carbocycles. The number of hydrogen-bond acceptors (Lipinski definition) is 4. The predicted octanol–water partition coefficient (Wildman–Crippen LogP) is 2.14. The van der Waals surface area contributed by atoms with Crippen LogP contribution in [0.4, 0.5) is 0 Å². The van der Waals surface area contributed by atoms with E-state index in [1.807, 2.05) is 23.0 Å². The number of aromatic nitrogens is 3. The Morgan fingerprint density at radius 3 is 2.95 bits per heavy atom. The molecular weight excluding hydrogens is 252 g/mol. The molecular formula is C15H22N4O. The van der Waals surface area contributed by atoms with Crippen LogP contribution < -0.4 is 10.1 Å². The van der Waals surface area contributed by atoms with E-state index in [1.165, 1.54) is 5.56 Å². The Hall–Kier alpha value is -1.88. The summed E-state index contributed by atoms with van der Waals surface area (Å²) in [4.78, 5) is 0. The van der Waals surface area contributed by atoms with Crippen LogP contribution in [0.2, 0.25) is 0 Å².